The quantitative estimate of drug-likeness (QED) is 0.546. The molecule has 3 aromatic rings. The van der Waals surface area contributed by atoms with Crippen LogP contribution in [-0.4, -0.2) is 7.05 Å². The van der Waals surface area contributed by atoms with Crippen LogP contribution in [0.2, 0.25) is 0 Å². The van der Waals surface area contributed by atoms with Crippen molar-refractivity contribution in [2.75, 3.05) is 11.9 Å². The lowest BCUT2D eigenvalue weighted by Crippen LogP contribution is -2.22. The summed E-state index contributed by atoms with van der Waals surface area (Å²) in [6.45, 7) is 19.1. The van der Waals surface area contributed by atoms with Crippen molar-refractivity contribution in [1.29, 1.82) is 0 Å². The summed E-state index contributed by atoms with van der Waals surface area (Å²) in [4.78, 5) is 9.10. The molecule has 0 amide bonds. The van der Waals surface area contributed by atoms with Gasteiger partial charge in [0.15, 0.2) is 0 Å². The van der Waals surface area contributed by atoms with Crippen molar-refractivity contribution < 1.29 is 0 Å². The number of likely N-dealkylation sites (N-methyl/N-ethyl adjacent to an activating group) is 1. The fourth-order valence-corrected chi connectivity index (χ4v) is 5.10. The van der Waals surface area contributed by atoms with E-state index in [0.717, 1.165) is 19.8 Å². The topological polar surface area (TPSA) is 12.0 Å². The molecule has 0 saturated carbocycles. The Morgan fingerprint density at radius 2 is 1.61 bits per heavy atom. The summed E-state index contributed by atoms with van der Waals surface area (Å²) in [5.74, 6) is 0.138. The molecule has 0 unspecified atom stereocenters. The predicted molar refractivity (Wildman–Crippen MR) is 118 cm³/mol. The average Bonchev–Trinajstić information content (AvgIpc) is 3.16. The lowest BCUT2D eigenvalue weighted by Gasteiger charge is -2.23. The highest BCUT2D eigenvalue weighted by molar-refractivity contribution is 7.09. The molecule has 4 rings (SSSR count). The van der Waals surface area contributed by atoms with Crippen LogP contribution in [0.1, 0.15) is 19.4 Å². The third-order valence-electron chi connectivity index (χ3n) is 5.40. The van der Waals surface area contributed by atoms with Gasteiger partial charge >= 0.3 is 5.82 Å². The van der Waals surface area contributed by atoms with E-state index in [0.29, 0.717) is 0 Å². The van der Waals surface area contributed by atoms with Gasteiger partial charge in [-0.2, -0.15) is 9.69 Å². The molecule has 0 spiro atoms. The Balaban J connectivity index is 1.96. The summed E-state index contributed by atoms with van der Waals surface area (Å²) in [5.41, 5.74) is 3.71. The Bertz CT molecular complexity index is 1310. The Morgan fingerprint density at radius 3 is 2.29 bits per heavy atom. The Labute approximate surface area is 168 Å². The molecule has 1 aliphatic heterocycles. The normalized spacial score (nSPS) is 16.8. The minimum absolute atomic E-state index is 0.0813. The van der Waals surface area contributed by atoms with Crippen LogP contribution in [0.5, 0.6) is 0 Å². The third-order valence-corrected chi connectivity index (χ3v) is 6.58. The Kier molecular flexibility index (Phi) is 4.30. The zero-order chi connectivity index (χ0) is 19.9. The highest BCUT2D eigenvalue weighted by Crippen LogP contribution is 2.46. The van der Waals surface area contributed by atoms with Gasteiger partial charge in [-0.15, -0.1) is 11.3 Å². The number of allylic oxidation sites excluding steroid dienone is 2. The summed E-state index contributed by atoms with van der Waals surface area (Å²) in [7, 11) is 2.11. The molecule has 0 bridgehead atoms. The molecule has 0 radical (unpaired) electrons. The van der Waals surface area contributed by atoms with E-state index in [4.69, 9.17) is 13.1 Å². The maximum absolute atomic E-state index is 7.32. The number of fused-ring (bicyclic) bond motifs is 2. The van der Waals surface area contributed by atoms with E-state index in [2.05, 4.69) is 78.0 Å². The van der Waals surface area contributed by atoms with E-state index in [1.807, 2.05) is 18.2 Å². The zero-order valence-corrected chi connectivity index (χ0v) is 16.8. The molecule has 0 atom stereocenters. The van der Waals surface area contributed by atoms with Gasteiger partial charge in [0, 0.05) is 28.4 Å². The molecule has 1 aromatic heterocycles. The van der Waals surface area contributed by atoms with Gasteiger partial charge in [0.1, 0.15) is 17.7 Å². The summed E-state index contributed by atoms with van der Waals surface area (Å²) >= 11 is 1.52. The maximum atomic E-state index is 7.32. The van der Waals surface area contributed by atoms with Crippen molar-refractivity contribution in [3.63, 3.8) is 0 Å². The van der Waals surface area contributed by atoms with Crippen molar-refractivity contribution in [1.82, 2.24) is 0 Å². The smallest absolute Gasteiger partial charge is 0.347 e. The van der Waals surface area contributed by atoms with Crippen molar-refractivity contribution in [3.8, 4) is 0 Å². The first kappa shape index (κ1) is 18.0. The molecule has 0 fully saturated rings. The van der Waals surface area contributed by atoms with Crippen molar-refractivity contribution in [2.24, 2.45) is 0 Å². The van der Waals surface area contributed by atoms with Crippen LogP contribution in [0.4, 0.5) is 5.69 Å². The summed E-state index contributed by atoms with van der Waals surface area (Å²) in [6.07, 6.45) is 4.30. The number of hydrogen-bond acceptors (Lipinski definition) is 2. The second-order valence-corrected chi connectivity index (χ2v) is 8.36. The molecule has 136 valence electrons. The summed E-state index contributed by atoms with van der Waals surface area (Å²) < 4.78 is 1.83. The van der Waals surface area contributed by atoms with Gasteiger partial charge in [-0.25, -0.2) is 0 Å². The van der Waals surface area contributed by atoms with Crippen LogP contribution in [0.15, 0.2) is 60.3 Å². The maximum Gasteiger partial charge on any atom is 0.537 e. The van der Waals surface area contributed by atoms with Gasteiger partial charge in [-0.1, -0.05) is 56.3 Å². The first-order valence-electron chi connectivity index (χ1n) is 9.01. The molecule has 2 aromatic carbocycles. The Hall–Kier alpha value is -3.34. The first-order valence-corrected chi connectivity index (χ1v) is 9.83. The van der Waals surface area contributed by atoms with Gasteiger partial charge in [0.25, 0.3) is 0 Å². The molecule has 2 heterocycles. The SMILES string of the molecule is [C-]#[N+]C([N+]#[C-])=c1s/c(=C\C=C2/N(C)c3ccccc3C2(C)C)c2ccccc12. The lowest BCUT2D eigenvalue weighted by atomic mass is 9.84. The third kappa shape index (κ3) is 2.62. The molecule has 1 aliphatic rings. The number of benzene rings is 2. The van der Waals surface area contributed by atoms with Gasteiger partial charge in [-0.05, 0) is 34.6 Å². The van der Waals surface area contributed by atoms with Crippen molar-refractivity contribution >= 4 is 39.7 Å². The van der Waals surface area contributed by atoms with Crippen LogP contribution >= 0.6 is 11.3 Å². The van der Waals surface area contributed by atoms with Crippen LogP contribution < -0.4 is 14.0 Å². The van der Waals surface area contributed by atoms with Crippen LogP contribution in [0, 0.1) is 13.1 Å². The fourth-order valence-electron chi connectivity index (χ4n) is 3.99. The second kappa shape index (κ2) is 6.68. The van der Waals surface area contributed by atoms with E-state index in [1.54, 1.807) is 0 Å². The van der Waals surface area contributed by atoms with Gasteiger partial charge < -0.3 is 4.90 Å². The van der Waals surface area contributed by atoms with Crippen LogP contribution in [0.3, 0.4) is 0 Å². The summed E-state index contributed by atoms with van der Waals surface area (Å²) in [5, 5.41) is 2.06. The number of rotatable bonds is 1. The van der Waals surface area contributed by atoms with Crippen molar-refractivity contribution in [3.05, 3.63) is 97.8 Å². The standard InChI is InChI=1S/C24H19N3S/c1-24(2)18-12-8-9-13-19(18)27(5)21(24)15-14-20-16-10-6-7-11-17(16)22(28-20)23(25-3)26-4/h6-15H,1-2,5H3/b20-14-,21-15-. The van der Waals surface area contributed by atoms with Gasteiger partial charge in [-0.3, -0.25) is 0 Å². The number of para-hydroxylation sites is 1. The second-order valence-electron chi connectivity index (χ2n) is 7.31. The highest BCUT2D eigenvalue weighted by Gasteiger charge is 2.37. The van der Waals surface area contributed by atoms with E-state index in [1.165, 1.54) is 28.3 Å². The number of hydrogen-bond donors (Lipinski definition) is 0. The van der Waals surface area contributed by atoms with Gasteiger partial charge in [0.05, 0.1) is 0 Å². The molecular formula is C24H19N3S. The zero-order valence-electron chi connectivity index (χ0n) is 16.0. The predicted octanol–water partition coefficient (Wildman–Crippen LogP) is 4.90. The van der Waals surface area contributed by atoms with Crippen molar-refractivity contribution in [2.45, 2.75) is 19.3 Å². The first-order chi connectivity index (χ1) is 13.5. The molecular weight excluding hydrogens is 362 g/mol. The minimum atomic E-state index is -0.0813. The number of thiophene rings is 1. The van der Waals surface area contributed by atoms with E-state index in [-0.39, 0.29) is 11.2 Å². The molecule has 3 nitrogen and oxygen atoms in total. The van der Waals surface area contributed by atoms with Crippen LogP contribution in [0.25, 0.3) is 32.4 Å². The number of nitrogens with zero attached hydrogens (tertiary/aromatic N) is 3. The van der Waals surface area contributed by atoms with Gasteiger partial charge in [0.2, 0.25) is 0 Å². The minimum Gasteiger partial charge on any atom is -0.347 e. The molecule has 0 saturated heterocycles. The molecule has 0 N–H and O–H groups in total. The van der Waals surface area contributed by atoms with E-state index in [9.17, 15) is 0 Å². The molecule has 28 heavy (non-hydrogen) atoms. The molecule has 0 aliphatic carbocycles. The summed E-state index contributed by atoms with van der Waals surface area (Å²) in [6, 6.07) is 16.5. The molecule has 4 heteroatoms. The number of anilines is 1. The Morgan fingerprint density at radius 1 is 0.964 bits per heavy atom. The fraction of sp³-hybridized carbons (Fsp3) is 0.167. The van der Waals surface area contributed by atoms with Crippen LogP contribution in [-0.2, 0) is 5.41 Å². The lowest BCUT2D eigenvalue weighted by molar-refractivity contribution is 0.641. The monoisotopic (exact) mass is 381 g/mol. The highest BCUT2D eigenvalue weighted by atomic mass is 32.1. The average molecular weight is 382 g/mol. The largest absolute Gasteiger partial charge is 0.537 e. The van der Waals surface area contributed by atoms with E-state index >= 15 is 0 Å². The van der Waals surface area contributed by atoms with E-state index < -0.39 is 0 Å².